The third-order valence-corrected chi connectivity index (χ3v) is 5.37. The number of hydrogen-bond acceptors (Lipinski definition) is 5. The van der Waals surface area contributed by atoms with Crippen LogP contribution in [0.1, 0.15) is 12.5 Å². The molecule has 5 nitrogen and oxygen atoms in total. The van der Waals surface area contributed by atoms with Gasteiger partial charge in [0.15, 0.2) is 5.82 Å². The van der Waals surface area contributed by atoms with Crippen molar-refractivity contribution in [3.8, 4) is 17.1 Å². The monoisotopic (exact) mass is 417 g/mol. The Morgan fingerprint density at radius 1 is 1.22 bits per heavy atom. The summed E-state index contributed by atoms with van der Waals surface area (Å²) in [4.78, 5) is 17.7. The van der Waals surface area contributed by atoms with E-state index in [1.807, 2.05) is 31.2 Å². The molecule has 0 saturated heterocycles. The lowest BCUT2D eigenvalue weighted by Crippen LogP contribution is -2.23. The van der Waals surface area contributed by atoms with Crippen LogP contribution in [0.4, 0.5) is 0 Å². The van der Waals surface area contributed by atoms with Crippen LogP contribution in [0.5, 0.6) is 5.75 Å². The smallest absolute Gasteiger partial charge is 0.291 e. The van der Waals surface area contributed by atoms with Crippen molar-refractivity contribution in [1.29, 1.82) is 0 Å². The summed E-state index contributed by atoms with van der Waals surface area (Å²) in [6.07, 6.45) is 1.79. The van der Waals surface area contributed by atoms with E-state index in [1.165, 1.54) is 15.9 Å². The zero-order chi connectivity index (χ0) is 19.0. The minimum absolute atomic E-state index is 0.231. The van der Waals surface area contributed by atoms with E-state index < -0.39 is 0 Å². The van der Waals surface area contributed by atoms with Crippen LogP contribution in [0.3, 0.4) is 0 Å². The second kappa shape index (κ2) is 7.31. The highest BCUT2D eigenvalue weighted by Gasteiger charge is 2.14. The average Bonchev–Trinajstić information content (AvgIpc) is 3.17. The third kappa shape index (κ3) is 3.43. The molecule has 0 amide bonds. The Morgan fingerprint density at radius 2 is 2.04 bits per heavy atom. The van der Waals surface area contributed by atoms with Gasteiger partial charge >= 0.3 is 0 Å². The van der Waals surface area contributed by atoms with E-state index in [4.69, 9.17) is 27.9 Å². The Balaban J connectivity index is 1.81. The van der Waals surface area contributed by atoms with Gasteiger partial charge in [0, 0.05) is 16.1 Å². The lowest BCUT2D eigenvalue weighted by Gasteiger charge is -2.05. The zero-order valence-corrected chi connectivity index (χ0v) is 16.5. The molecule has 0 saturated carbocycles. The number of benzene rings is 2. The highest BCUT2D eigenvalue weighted by atomic mass is 35.5. The Hall–Kier alpha value is -2.41. The van der Waals surface area contributed by atoms with Gasteiger partial charge in [-0.2, -0.15) is 9.50 Å². The predicted octanol–water partition coefficient (Wildman–Crippen LogP) is 4.07. The maximum Gasteiger partial charge on any atom is 0.291 e. The normalized spacial score (nSPS) is 12.0. The molecule has 0 spiro atoms. The second-order valence-corrected chi connectivity index (χ2v) is 7.49. The maximum atomic E-state index is 12.7. The van der Waals surface area contributed by atoms with E-state index in [0.717, 1.165) is 11.3 Å². The molecule has 0 aliphatic heterocycles. The fourth-order valence-corrected chi connectivity index (χ4v) is 4.04. The SMILES string of the molecule is CCOc1ccccc1C=c1sc2nc(-c3ccc(Cl)cc3Cl)nn2c1=O. The van der Waals surface area contributed by atoms with Crippen LogP contribution < -0.4 is 14.8 Å². The van der Waals surface area contributed by atoms with E-state index in [-0.39, 0.29) is 5.56 Å². The van der Waals surface area contributed by atoms with Crippen molar-refractivity contribution in [2.24, 2.45) is 0 Å². The van der Waals surface area contributed by atoms with Crippen LogP contribution >= 0.6 is 34.5 Å². The molecule has 0 aliphatic carbocycles. The molecule has 2 aromatic carbocycles. The molecule has 0 unspecified atom stereocenters. The number of halogens is 2. The molecule has 27 heavy (non-hydrogen) atoms. The summed E-state index contributed by atoms with van der Waals surface area (Å²) in [5, 5.41) is 5.28. The molecule has 0 bridgehead atoms. The van der Waals surface area contributed by atoms with E-state index in [9.17, 15) is 4.79 Å². The van der Waals surface area contributed by atoms with Crippen molar-refractivity contribution in [3.63, 3.8) is 0 Å². The van der Waals surface area contributed by atoms with Crippen molar-refractivity contribution in [2.75, 3.05) is 6.61 Å². The molecule has 0 N–H and O–H groups in total. The number of hydrogen-bond donors (Lipinski definition) is 0. The maximum absolute atomic E-state index is 12.7. The first-order valence-electron chi connectivity index (χ1n) is 8.15. The van der Waals surface area contributed by atoms with Gasteiger partial charge in [0.05, 0.1) is 16.2 Å². The topological polar surface area (TPSA) is 56.5 Å². The van der Waals surface area contributed by atoms with Gasteiger partial charge in [-0.15, -0.1) is 5.10 Å². The molecule has 0 fully saturated rings. The lowest BCUT2D eigenvalue weighted by molar-refractivity contribution is 0.339. The Labute approximate surface area is 168 Å². The van der Waals surface area contributed by atoms with Gasteiger partial charge in [-0.05, 0) is 37.3 Å². The van der Waals surface area contributed by atoms with Crippen molar-refractivity contribution in [3.05, 3.63) is 73.0 Å². The van der Waals surface area contributed by atoms with Gasteiger partial charge < -0.3 is 4.74 Å². The fourth-order valence-electron chi connectivity index (χ4n) is 2.65. The summed E-state index contributed by atoms with van der Waals surface area (Å²) in [5.41, 5.74) is 1.23. The number of fused-ring (bicyclic) bond motifs is 1. The highest BCUT2D eigenvalue weighted by molar-refractivity contribution is 7.15. The summed E-state index contributed by atoms with van der Waals surface area (Å²) in [6.45, 7) is 2.47. The van der Waals surface area contributed by atoms with E-state index >= 15 is 0 Å². The van der Waals surface area contributed by atoms with Crippen molar-refractivity contribution < 1.29 is 4.74 Å². The molecule has 4 aromatic rings. The second-order valence-electron chi connectivity index (χ2n) is 5.64. The molecule has 8 heteroatoms. The van der Waals surface area contributed by atoms with Crippen LogP contribution in [0.2, 0.25) is 10.0 Å². The van der Waals surface area contributed by atoms with Crippen molar-refractivity contribution in [2.45, 2.75) is 6.92 Å². The number of ether oxygens (including phenoxy) is 1. The largest absolute Gasteiger partial charge is 0.493 e. The minimum Gasteiger partial charge on any atom is -0.493 e. The minimum atomic E-state index is -0.231. The van der Waals surface area contributed by atoms with Crippen LogP contribution in [-0.2, 0) is 0 Å². The first-order chi connectivity index (χ1) is 13.1. The predicted molar refractivity (Wildman–Crippen MR) is 109 cm³/mol. The van der Waals surface area contributed by atoms with Crippen LogP contribution in [0.15, 0.2) is 47.3 Å². The Bertz CT molecular complexity index is 1250. The first-order valence-corrected chi connectivity index (χ1v) is 9.72. The van der Waals surface area contributed by atoms with Crippen molar-refractivity contribution in [1.82, 2.24) is 14.6 Å². The van der Waals surface area contributed by atoms with Gasteiger partial charge in [0.25, 0.3) is 5.56 Å². The number of thiazole rings is 1. The standard InChI is InChI=1S/C19H13Cl2N3O2S/c1-2-26-15-6-4-3-5-11(15)9-16-18(25)24-19(27-16)22-17(23-24)13-8-7-12(20)10-14(13)21/h3-10H,2H2,1H3. The van der Waals surface area contributed by atoms with Crippen LogP contribution in [0.25, 0.3) is 22.4 Å². The van der Waals surface area contributed by atoms with E-state index in [1.54, 1.807) is 24.3 Å². The van der Waals surface area contributed by atoms with Crippen LogP contribution in [-0.4, -0.2) is 21.2 Å². The average molecular weight is 418 g/mol. The van der Waals surface area contributed by atoms with Gasteiger partial charge in [-0.3, -0.25) is 4.79 Å². The van der Waals surface area contributed by atoms with Gasteiger partial charge in [-0.1, -0.05) is 52.7 Å². The molecular weight excluding hydrogens is 405 g/mol. The zero-order valence-electron chi connectivity index (χ0n) is 14.1. The lowest BCUT2D eigenvalue weighted by atomic mass is 10.2. The number of aromatic nitrogens is 3. The van der Waals surface area contributed by atoms with Crippen molar-refractivity contribution >= 4 is 45.6 Å². The van der Waals surface area contributed by atoms with Gasteiger partial charge in [0.2, 0.25) is 4.96 Å². The first kappa shape index (κ1) is 18.0. The Kier molecular flexibility index (Phi) is 4.86. The molecular formula is C19H13Cl2N3O2S. The summed E-state index contributed by atoms with van der Waals surface area (Å²) in [5.74, 6) is 1.12. The molecule has 136 valence electrons. The summed E-state index contributed by atoms with van der Waals surface area (Å²) >= 11 is 13.4. The van der Waals surface area contributed by atoms with Crippen LogP contribution in [0, 0.1) is 0 Å². The van der Waals surface area contributed by atoms with E-state index in [0.29, 0.717) is 37.5 Å². The molecule has 2 aromatic heterocycles. The number of nitrogens with zero attached hydrogens (tertiary/aromatic N) is 3. The van der Waals surface area contributed by atoms with Gasteiger partial charge in [0.1, 0.15) is 5.75 Å². The number of rotatable bonds is 4. The number of para-hydroxylation sites is 1. The van der Waals surface area contributed by atoms with Gasteiger partial charge in [-0.25, -0.2) is 0 Å². The summed E-state index contributed by atoms with van der Waals surface area (Å²) in [7, 11) is 0. The molecule has 2 heterocycles. The molecule has 0 radical (unpaired) electrons. The molecule has 0 aliphatic rings. The molecule has 0 atom stereocenters. The Morgan fingerprint density at radius 3 is 2.78 bits per heavy atom. The summed E-state index contributed by atoms with van der Waals surface area (Å²) < 4.78 is 7.44. The third-order valence-electron chi connectivity index (χ3n) is 3.86. The highest BCUT2D eigenvalue weighted by Crippen LogP contribution is 2.28. The quantitative estimate of drug-likeness (QED) is 0.502. The molecule has 4 rings (SSSR count). The summed E-state index contributed by atoms with van der Waals surface area (Å²) in [6, 6.07) is 12.6. The van der Waals surface area contributed by atoms with E-state index in [2.05, 4.69) is 10.1 Å². The fraction of sp³-hybridized carbons (Fsp3) is 0.105.